The van der Waals surface area contributed by atoms with Crippen molar-refractivity contribution in [2.24, 2.45) is 5.92 Å². The van der Waals surface area contributed by atoms with E-state index in [-0.39, 0.29) is 46.6 Å². The molecule has 0 bridgehead atoms. The predicted octanol–water partition coefficient (Wildman–Crippen LogP) is 3.42. The molecule has 0 aliphatic heterocycles. The average molecular weight is 430 g/mol. The number of ketones is 2. The van der Waals surface area contributed by atoms with Crippen LogP contribution >= 0.6 is 11.8 Å². The third-order valence-corrected chi connectivity index (χ3v) is 6.30. The van der Waals surface area contributed by atoms with Gasteiger partial charge in [0.15, 0.2) is 11.6 Å². The first kappa shape index (κ1) is 22.4. The van der Waals surface area contributed by atoms with Gasteiger partial charge in [0.25, 0.3) is 0 Å². The number of carbonyl (C=O) groups is 2. The van der Waals surface area contributed by atoms with Gasteiger partial charge in [0.05, 0.1) is 30.4 Å². The van der Waals surface area contributed by atoms with E-state index in [1.54, 1.807) is 20.1 Å². The van der Waals surface area contributed by atoms with Crippen molar-refractivity contribution < 1.29 is 27.1 Å². The van der Waals surface area contributed by atoms with Crippen LogP contribution in [0.4, 0.5) is 10.1 Å². The van der Waals surface area contributed by atoms with Crippen molar-refractivity contribution in [1.29, 1.82) is 0 Å². The summed E-state index contributed by atoms with van der Waals surface area (Å²) in [5, 5.41) is 0. The number of hydrogen-bond donors (Lipinski definition) is 0. The number of sulfonamides is 1. The number of anilines is 1. The summed E-state index contributed by atoms with van der Waals surface area (Å²) < 4.78 is 45.6. The van der Waals surface area contributed by atoms with E-state index < -0.39 is 21.6 Å². The molecule has 1 fully saturated rings. The highest BCUT2D eigenvalue weighted by Gasteiger charge is 2.37. The minimum absolute atomic E-state index is 0.0606. The van der Waals surface area contributed by atoms with Crippen LogP contribution < -0.4 is 4.31 Å². The van der Waals surface area contributed by atoms with Gasteiger partial charge in [-0.3, -0.25) is 13.9 Å². The van der Waals surface area contributed by atoms with Crippen LogP contribution in [0.1, 0.15) is 37.0 Å². The molecule has 1 aliphatic rings. The van der Waals surface area contributed by atoms with Crippen molar-refractivity contribution in [1.82, 2.24) is 0 Å². The number of allylic oxidation sites excluding steroid dienone is 1. The molecule has 6 nitrogen and oxygen atoms in total. The Kier molecular flexibility index (Phi) is 7.28. The lowest BCUT2D eigenvalue weighted by molar-refractivity contribution is -0.116. The molecule has 154 valence electrons. The summed E-state index contributed by atoms with van der Waals surface area (Å²) in [6, 6.07) is 2.77. The Morgan fingerprint density at radius 2 is 1.96 bits per heavy atom. The maximum absolute atomic E-state index is 15.1. The number of rotatable bonds is 10. The summed E-state index contributed by atoms with van der Waals surface area (Å²) in [5.74, 6) is -2.15. The molecule has 28 heavy (non-hydrogen) atoms. The van der Waals surface area contributed by atoms with Crippen molar-refractivity contribution in [3.05, 3.63) is 35.3 Å². The fraction of sp³-hybridized carbons (Fsp3) is 0.474. The minimum atomic E-state index is -3.84. The summed E-state index contributed by atoms with van der Waals surface area (Å²) in [6.45, 7) is 3.45. The number of ether oxygens (including phenoxy) is 1. The molecule has 0 spiro atoms. The van der Waals surface area contributed by atoms with E-state index in [4.69, 9.17) is 4.74 Å². The highest BCUT2D eigenvalue weighted by atomic mass is 32.2. The molecule has 0 aromatic heterocycles. The van der Waals surface area contributed by atoms with Crippen LogP contribution in [0.15, 0.2) is 28.9 Å². The monoisotopic (exact) mass is 429 g/mol. The van der Waals surface area contributed by atoms with Gasteiger partial charge in [0.2, 0.25) is 15.8 Å². The molecule has 0 saturated heterocycles. The second-order valence-electron chi connectivity index (χ2n) is 6.36. The standard InChI is InChI=1S/C19H24FNO5S2/c1-5-21(28(4,24)25)17-13(9-10-15(27-3)16(17)20)19(23)14(11-26-6-2)18(22)12-7-8-12/h9-12H,5-8H2,1-4H3/b14-11-. The molecule has 0 radical (unpaired) electrons. The van der Waals surface area contributed by atoms with Crippen molar-refractivity contribution in [3.63, 3.8) is 0 Å². The lowest BCUT2D eigenvalue weighted by Crippen LogP contribution is -2.32. The zero-order valence-corrected chi connectivity index (χ0v) is 18.0. The van der Waals surface area contributed by atoms with E-state index in [2.05, 4.69) is 0 Å². The van der Waals surface area contributed by atoms with E-state index >= 15 is 4.39 Å². The Balaban J connectivity index is 2.67. The minimum Gasteiger partial charge on any atom is -0.501 e. The Morgan fingerprint density at radius 3 is 2.43 bits per heavy atom. The van der Waals surface area contributed by atoms with E-state index in [0.29, 0.717) is 12.8 Å². The SMILES string of the molecule is CCO/C=C(\C(=O)c1ccc(SC)c(F)c1N(CC)S(C)(=O)=O)C(=O)C1CC1. The summed E-state index contributed by atoms with van der Waals surface area (Å²) >= 11 is 1.10. The largest absolute Gasteiger partial charge is 0.501 e. The van der Waals surface area contributed by atoms with Gasteiger partial charge in [-0.2, -0.15) is 0 Å². The summed E-state index contributed by atoms with van der Waals surface area (Å²) in [6.07, 6.45) is 5.07. The first-order valence-electron chi connectivity index (χ1n) is 8.92. The quantitative estimate of drug-likeness (QED) is 0.142. The van der Waals surface area contributed by atoms with E-state index in [9.17, 15) is 18.0 Å². The van der Waals surface area contributed by atoms with Crippen LogP contribution in [0.25, 0.3) is 0 Å². The molecule has 1 aliphatic carbocycles. The third-order valence-electron chi connectivity index (χ3n) is 4.31. The van der Waals surface area contributed by atoms with Gasteiger partial charge in [0, 0.05) is 17.4 Å². The van der Waals surface area contributed by atoms with Crippen molar-refractivity contribution in [2.45, 2.75) is 31.6 Å². The second-order valence-corrected chi connectivity index (χ2v) is 9.12. The fourth-order valence-electron chi connectivity index (χ4n) is 2.79. The lowest BCUT2D eigenvalue weighted by Gasteiger charge is -2.24. The second kappa shape index (κ2) is 9.09. The zero-order valence-electron chi connectivity index (χ0n) is 16.3. The molecule has 1 aromatic carbocycles. The first-order valence-corrected chi connectivity index (χ1v) is 12.0. The normalized spacial score (nSPS) is 14.7. The zero-order chi connectivity index (χ0) is 21.1. The maximum atomic E-state index is 15.1. The number of nitrogens with zero attached hydrogens (tertiary/aromatic N) is 1. The van der Waals surface area contributed by atoms with E-state index in [1.165, 1.54) is 12.1 Å². The number of Topliss-reactive ketones (excluding diaryl/α,β-unsaturated/α-hetero) is 2. The number of hydrogen-bond acceptors (Lipinski definition) is 6. The van der Waals surface area contributed by atoms with Crippen molar-refractivity contribution >= 4 is 39.0 Å². The highest BCUT2D eigenvalue weighted by molar-refractivity contribution is 7.98. The molecular formula is C19H24FNO5S2. The maximum Gasteiger partial charge on any atom is 0.232 e. The van der Waals surface area contributed by atoms with Crippen molar-refractivity contribution in [3.8, 4) is 0 Å². The van der Waals surface area contributed by atoms with E-state index in [1.807, 2.05) is 0 Å². The van der Waals surface area contributed by atoms with Crippen molar-refractivity contribution in [2.75, 3.05) is 30.0 Å². The Bertz CT molecular complexity index is 907. The smallest absolute Gasteiger partial charge is 0.232 e. The Hall–Kier alpha value is -1.87. The molecule has 1 saturated carbocycles. The molecule has 1 aromatic rings. The van der Waals surface area contributed by atoms with Crippen LogP contribution in [0.2, 0.25) is 0 Å². The van der Waals surface area contributed by atoms with Gasteiger partial charge in [0.1, 0.15) is 5.57 Å². The van der Waals surface area contributed by atoms with Crippen LogP contribution in [-0.4, -0.2) is 45.6 Å². The predicted molar refractivity (Wildman–Crippen MR) is 108 cm³/mol. The number of halogens is 1. The highest BCUT2D eigenvalue weighted by Crippen LogP contribution is 2.37. The van der Waals surface area contributed by atoms with E-state index in [0.717, 1.165) is 28.6 Å². The molecule has 0 atom stereocenters. The molecule has 0 heterocycles. The molecule has 0 unspecified atom stereocenters. The molecule has 0 amide bonds. The average Bonchev–Trinajstić information content (AvgIpc) is 3.47. The van der Waals surface area contributed by atoms with Gasteiger partial charge < -0.3 is 4.74 Å². The van der Waals surface area contributed by atoms with Crippen LogP contribution in [0, 0.1) is 11.7 Å². The van der Waals surface area contributed by atoms with Gasteiger partial charge in [-0.15, -0.1) is 11.8 Å². The summed E-state index contributed by atoms with van der Waals surface area (Å²) in [5.41, 5.74) is -0.707. The number of thioether (sulfide) groups is 1. The Labute approximate surface area is 169 Å². The van der Waals surface area contributed by atoms with Gasteiger partial charge in [-0.05, 0) is 45.1 Å². The van der Waals surface area contributed by atoms with Gasteiger partial charge in [-0.1, -0.05) is 0 Å². The molecule has 2 rings (SSSR count). The Morgan fingerprint density at radius 1 is 1.32 bits per heavy atom. The lowest BCUT2D eigenvalue weighted by atomic mass is 9.97. The molecular weight excluding hydrogens is 405 g/mol. The molecule has 0 N–H and O–H groups in total. The summed E-state index contributed by atoms with van der Waals surface area (Å²) in [7, 11) is -3.84. The number of benzene rings is 1. The first-order chi connectivity index (χ1) is 13.2. The third kappa shape index (κ3) is 4.75. The number of carbonyl (C=O) groups excluding carboxylic acids is 2. The van der Waals surface area contributed by atoms with Gasteiger partial charge >= 0.3 is 0 Å². The summed E-state index contributed by atoms with van der Waals surface area (Å²) in [4.78, 5) is 26.0. The molecule has 9 heteroatoms. The van der Waals surface area contributed by atoms with Crippen LogP contribution in [0.5, 0.6) is 0 Å². The van der Waals surface area contributed by atoms with Crippen LogP contribution in [0.3, 0.4) is 0 Å². The fourth-order valence-corrected chi connectivity index (χ4v) is 4.25. The topological polar surface area (TPSA) is 80.8 Å². The van der Waals surface area contributed by atoms with Gasteiger partial charge in [-0.25, -0.2) is 12.8 Å². The van der Waals surface area contributed by atoms with Crippen LogP contribution in [-0.2, 0) is 19.6 Å².